The molecule has 1 heterocycles. The zero-order valence-electron chi connectivity index (χ0n) is 12.1. The molecule has 0 saturated carbocycles. The van der Waals surface area contributed by atoms with Gasteiger partial charge in [0, 0.05) is 6.20 Å². The van der Waals surface area contributed by atoms with Gasteiger partial charge in [-0.15, -0.1) is 0 Å². The van der Waals surface area contributed by atoms with Crippen LogP contribution in [-0.2, 0) is 0 Å². The molecule has 0 bridgehead atoms. The third-order valence-corrected chi connectivity index (χ3v) is 7.71. The average molecular weight is 291 g/mol. The lowest BCUT2D eigenvalue weighted by Gasteiger charge is -2.26. The quantitative estimate of drug-likeness (QED) is 0.675. The van der Waals surface area contributed by atoms with Crippen LogP contribution in [-0.4, -0.2) is 10.8 Å². The van der Waals surface area contributed by atoms with Gasteiger partial charge in [0.25, 0.3) is 0 Å². The van der Waals surface area contributed by atoms with Crippen molar-refractivity contribution in [3.8, 4) is 0 Å². The maximum Gasteiger partial charge on any atom is 0.0707 e. The van der Waals surface area contributed by atoms with Gasteiger partial charge in [-0.1, -0.05) is 72.5 Å². The van der Waals surface area contributed by atoms with Crippen molar-refractivity contribution in [2.45, 2.75) is 6.92 Å². The molecule has 0 spiro atoms. The van der Waals surface area contributed by atoms with Crippen molar-refractivity contribution in [2.24, 2.45) is 0 Å². The largest absolute Gasteiger partial charge is 0.256 e. The van der Waals surface area contributed by atoms with Crippen molar-refractivity contribution in [1.82, 2.24) is 4.98 Å². The van der Waals surface area contributed by atoms with E-state index < -0.39 is 6.89 Å². The Kier molecular flexibility index (Phi) is 4.03. The van der Waals surface area contributed by atoms with E-state index in [-0.39, 0.29) is 0 Å². The number of pyridine rings is 1. The maximum atomic E-state index is 4.69. The van der Waals surface area contributed by atoms with Crippen LogP contribution >= 0.6 is 6.89 Å². The first kappa shape index (κ1) is 13.9. The minimum Gasteiger partial charge on any atom is -0.256 e. The molecule has 0 fully saturated rings. The summed E-state index contributed by atoms with van der Waals surface area (Å²) in [5, 5.41) is 2.69. The Balaban J connectivity index is 2.35. The fraction of sp³-hybridized carbons (Fsp3) is 0.0526. The van der Waals surface area contributed by atoms with Gasteiger partial charge in [-0.3, -0.25) is 4.98 Å². The summed E-state index contributed by atoms with van der Waals surface area (Å²) < 4.78 is 0. The first-order chi connectivity index (χ1) is 10.4. The highest BCUT2D eigenvalue weighted by atomic mass is 31.2. The van der Waals surface area contributed by atoms with Crippen molar-refractivity contribution in [3.05, 3.63) is 85.1 Å². The number of benzene rings is 2. The molecule has 0 N–H and O–H groups in total. The molecule has 0 aliphatic carbocycles. The van der Waals surface area contributed by atoms with E-state index in [9.17, 15) is 0 Å². The van der Waals surface area contributed by atoms with Crippen LogP contribution in [0.2, 0.25) is 0 Å². The number of hydrogen-bond acceptors (Lipinski definition) is 1. The fourth-order valence-corrected chi connectivity index (χ4v) is 6.28. The van der Waals surface area contributed by atoms with E-state index in [1.165, 1.54) is 10.6 Å². The van der Waals surface area contributed by atoms with Crippen molar-refractivity contribution < 1.29 is 0 Å². The summed E-state index contributed by atoms with van der Waals surface area (Å²) in [6.45, 7) is 0.385. The van der Waals surface area contributed by atoms with Gasteiger partial charge in [0.05, 0.1) is 5.44 Å². The minimum absolute atomic E-state index is 1.16. The summed E-state index contributed by atoms with van der Waals surface area (Å²) in [6.07, 6.45) is 1.89. The van der Waals surface area contributed by atoms with Gasteiger partial charge in [-0.25, -0.2) is 0 Å². The second-order valence-electron chi connectivity index (χ2n) is 4.84. The molecule has 1 nitrogen and oxygen atoms in total. The summed E-state index contributed by atoms with van der Waals surface area (Å²) in [4.78, 5) is 4.69. The van der Waals surface area contributed by atoms with Crippen LogP contribution in [0.3, 0.4) is 0 Å². The van der Waals surface area contributed by atoms with Crippen LogP contribution in [0.15, 0.2) is 85.1 Å². The third-order valence-electron chi connectivity index (χ3n) is 3.72. The van der Waals surface area contributed by atoms with Gasteiger partial charge < -0.3 is 0 Å². The van der Waals surface area contributed by atoms with Gasteiger partial charge in [-0.2, -0.15) is 0 Å². The molecule has 0 amide bonds. The van der Waals surface area contributed by atoms with Crippen LogP contribution < -0.4 is 16.0 Å². The highest BCUT2D eigenvalue weighted by Crippen LogP contribution is 2.42. The zero-order valence-corrected chi connectivity index (χ0v) is 12.9. The monoisotopic (exact) mass is 291 g/mol. The molecule has 2 heteroatoms. The molecule has 104 valence electrons. The van der Waals surface area contributed by atoms with E-state index in [0.29, 0.717) is 0 Å². The second-order valence-corrected chi connectivity index (χ2v) is 8.29. The molecule has 0 aliphatic rings. The molecular weight excluding hydrogens is 273 g/mol. The molecule has 3 aromatic rings. The summed E-state index contributed by atoms with van der Waals surface area (Å²) in [5.74, 6) is 2.35. The number of rotatable bonds is 3. The molecule has 21 heavy (non-hydrogen) atoms. The highest BCUT2D eigenvalue weighted by Gasteiger charge is 2.24. The van der Waals surface area contributed by atoms with Crippen LogP contribution in [0.4, 0.5) is 0 Å². The lowest BCUT2D eigenvalue weighted by molar-refractivity contribution is 1.39. The third kappa shape index (κ3) is 2.46. The van der Waals surface area contributed by atoms with Crippen molar-refractivity contribution in [3.63, 3.8) is 0 Å². The second kappa shape index (κ2) is 6.11. The Morgan fingerprint density at radius 2 is 1.24 bits per heavy atom. The molecule has 0 aliphatic heterocycles. The Morgan fingerprint density at radius 1 is 0.714 bits per heavy atom. The first-order valence-electron chi connectivity index (χ1n) is 7.10. The molecule has 0 atom stereocenters. The predicted octanol–water partition coefficient (Wildman–Crippen LogP) is 3.20. The van der Waals surface area contributed by atoms with Crippen LogP contribution in [0.5, 0.6) is 0 Å². The lowest BCUT2D eigenvalue weighted by Crippen LogP contribution is -2.28. The Bertz CT molecular complexity index is 646. The van der Waals surface area contributed by atoms with E-state index in [0.717, 1.165) is 5.44 Å². The van der Waals surface area contributed by atoms with E-state index in [1.54, 1.807) is 0 Å². The van der Waals surface area contributed by atoms with Crippen molar-refractivity contribution >= 4 is 28.7 Å². The SMILES string of the molecule is CC=P(c1ccccc1)(c1ccccc1)c1ccccn1. The predicted molar refractivity (Wildman–Crippen MR) is 94.7 cm³/mol. The first-order valence-corrected chi connectivity index (χ1v) is 8.96. The van der Waals surface area contributed by atoms with E-state index >= 15 is 0 Å². The molecule has 2 aromatic carbocycles. The Morgan fingerprint density at radius 3 is 1.67 bits per heavy atom. The summed E-state index contributed by atoms with van der Waals surface area (Å²) in [5.41, 5.74) is 1.16. The molecular formula is C19H18NP. The molecule has 1 aromatic heterocycles. The van der Waals surface area contributed by atoms with Gasteiger partial charge in [0.2, 0.25) is 0 Å². The van der Waals surface area contributed by atoms with Crippen molar-refractivity contribution in [2.75, 3.05) is 0 Å². The fourth-order valence-electron chi connectivity index (χ4n) is 2.73. The normalized spacial score (nSPS) is 11.1. The Labute approximate surface area is 126 Å². The van der Waals surface area contributed by atoms with Gasteiger partial charge in [0.15, 0.2) is 0 Å². The van der Waals surface area contributed by atoms with E-state index in [1.807, 2.05) is 12.3 Å². The maximum absolute atomic E-state index is 4.69. The summed E-state index contributed by atoms with van der Waals surface area (Å²) in [7, 11) is 0. The van der Waals surface area contributed by atoms with Crippen LogP contribution in [0, 0.1) is 0 Å². The van der Waals surface area contributed by atoms with E-state index in [4.69, 9.17) is 4.98 Å². The molecule has 0 unspecified atom stereocenters. The van der Waals surface area contributed by atoms with Gasteiger partial charge in [-0.05, 0) is 36.6 Å². The minimum atomic E-state index is -1.77. The Hall–Kier alpha value is -2.11. The smallest absolute Gasteiger partial charge is 0.0707 e. The highest BCUT2D eigenvalue weighted by molar-refractivity contribution is 7.94. The van der Waals surface area contributed by atoms with Crippen LogP contribution in [0.25, 0.3) is 0 Å². The average Bonchev–Trinajstić information content (AvgIpc) is 2.59. The molecule has 3 rings (SSSR count). The molecule has 0 radical (unpaired) electrons. The number of nitrogens with zero attached hydrogens (tertiary/aromatic N) is 1. The number of hydrogen-bond donors (Lipinski definition) is 0. The molecule has 0 saturated heterocycles. The van der Waals surface area contributed by atoms with Crippen molar-refractivity contribution in [1.29, 1.82) is 0 Å². The van der Waals surface area contributed by atoms with Crippen LogP contribution in [0.1, 0.15) is 6.92 Å². The van der Waals surface area contributed by atoms with E-state index in [2.05, 4.69) is 85.5 Å². The van der Waals surface area contributed by atoms with Gasteiger partial charge >= 0.3 is 0 Å². The summed E-state index contributed by atoms with van der Waals surface area (Å²) >= 11 is 0. The number of aromatic nitrogens is 1. The standard InChI is InChI=1S/C19H18NP/c1-2-21(17-11-5-3-6-12-17,18-13-7-4-8-14-18)19-15-9-10-16-20-19/h2-16H,1H3. The summed E-state index contributed by atoms with van der Waals surface area (Å²) in [6, 6.07) is 27.6. The topological polar surface area (TPSA) is 12.9 Å². The zero-order chi connectivity index (χ0) is 14.5. The van der Waals surface area contributed by atoms with Gasteiger partial charge in [0.1, 0.15) is 0 Å². The lowest BCUT2D eigenvalue weighted by atomic mass is 10.4.